The third-order valence-electron chi connectivity index (χ3n) is 6.45. The Bertz CT molecular complexity index is 653. The lowest BCUT2D eigenvalue weighted by Gasteiger charge is -2.41. The van der Waals surface area contributed by atoms with Crippen LogP contribution in [0.2, 0.25) is 0 Å². The van der Waals surface area contributed by atoms with Gasteiger partial charge in [-0.1, -0.05) is 51.9 Å². The zero-order valence-corrected chi connectivity index (χ0v) is 18.9. The first kappa shape index (κ1) is 24.1. The molecule has 0 bridgehead atoms. The number of aliphatic hydroxyl groups is 1. The molecule has 2 aliphatic heterocycles. The lowest BCUT2D eigenvalue weighted by Crippen LogP contribution is -2.48. The highest BCUT2D eigenvalue weighted by Gasteiger charge is 2.52. The van der Waals surface area contributed by atoms with E-state index < -0.39 is 23.6 Å². The summed E-state index contributed by atoms with van der Waals surface area (Å²) >= 11 is 0. The van der Waals surface area contributed by atoms with Crippen LogP contribution >= 0.6 is 0 Å². The molecule has 3 atom stereocenters. The highest BCUT2D eigenvalue weighted by Crippen LogP contribution is 2.47. The number of carbonyl (C=O) groups excluding carboxylic acids is 2. The van der Waals surface area contributed by atoms with E-state index in [1.165, 1.54) is 50.7 Å². The molecule has 2 fully saturated rings. The van der Waals surface area contributed by atoms with E-state index in [1.54, 1.807) is 12.2 Å². The summed E-state index contributed by atoms with van der Waals surface area (Å²) in [5.74, 6) is -1.26. The monoisotopic (exact) mass is 434 g/mol. The molecule has 1 aliphatic carbocycles. The van der Waals surface area contributed by atoms with Crippen molar-refractivity contribution in [3.8, 4) is 0 Å². The summed E-state index contributed by atoms with van der Waals surface area (Å²) < 4.78 is 17.8. The quantitative estimate of drug-likeness (QED) is 0.380. The Morgan fingerprint density at radius 3 is 2.48 bits per heavy atom. The van der Waals surface area contributed by atoms with Crippen LogP contribution in [-0.4, -0.2) is 47.1 Å². The molecule has 0 radical (unpaired) electrons. The first-order chi connectivity index (χ1) is 14.9. The average Bonchev–Trinajstić information content (AvgIpc) is 3.05. The van der Waals surface area contributed by atoms with Gasteiger partial charge in [0.2, 0.25) is 0 Å². The summed E-state index contributed by atoms with van der Waals surface area (Å²) in [6.45, 7) is 2.66. The number of unbranched alkanes of at least 4 members (excludes halogenated alkanes) is 7. The molecular weight excluding hydrogens is 396 g/mol. The van der Waals surface area contributed by atoms with Gasteiger partial charge in [-0.3, -0.25) is 9.59 Å². The summed E-state index contributed by atoms with van der Waals surface area (Å²) in [6.07, 6.45) is 17.3. The number of hydrogen-bond acceptors (Lipinski definition) is 6. The minimum atomic E-state index is -0.921. The molecule has 0 aromatic carbocycles. The average molecular weight is 435 g/mol. The second-order valence-corrected chi connectivity index (χ2v) is 9.27. The van der Waals surface area contributed by atoms with Gasteiger partial charge in [-0.25, -0.2) is 0 Å². The second-order valence-electron chi connectivity index (χ2n) is 9.27. The summed E-state index contributed by atoms with van der Waals surface area (Å²) in [5.41, 5.74) is -0.660. The van der Waals surface area contributed by atoms with E-state index in [2.05, 4.69) is 6.92 Å². The van der Waals surface area contributed by atoms with Gasteiger partial charge in [-0.05, 0) is 37.1 Å². The third-order valence-corrected chi connectivity index (χ3v) is 6.45. The second kappa shape index (κ2) is 11.4. The van der Waals surface area contributed by atoms with Gasteiger partial charge in [-0.15, -0.1) is 0 Å². The largest absolute Gasteiger partial charge is 0.466 e. The van der Waals surface area contributed by atoms with Gasteiger partial charge in [0.1, 0.15) is 5.60 Å². The number of hydrogen-bond donors (Lipinski definition) is 1. The summed E-state index contributed by atoms with van der Waals surface area (Å²) in [6, 6.07) is 0. The van der Waals surface area contributed by atoms with Gasteiger partial charge >= 0.3 is 5.97 Å². The molecule has 2 saturated heterocycles. The van der Waals surface area contributed by atoms with Crippen LogP contribution in [-0.2, 0) is 23.8 Å². The smallest absolute Gasteiger partial charge is 0.308 e. The van der Waals surface area contributed by atoms with Crippen LogP contribution in [0.4, 0.5) is 0 Å². The highest BCUT2D eigenvalue weighted by molar-refractivity contribution is 6.00. The molecule has 6 nitrogen and oxygen atoms in total. The zero-order valence-electron chi connectivity index (χ0n) is 18.9. The maximum atomic E-state index is 12.3. The van der Waals surface area contributed by atoms with Crippen LogP contribution < -0.4 is 0 Å². The molecule has 2 spiro atoms. The van der Waals surface area contributed by atoms with Gasteiger partial charge in [0.15, 0.2) is 11.6 Å². The zero-order chi connectivity index (χ0) is 22.2. The predicted octanol–water partition coefficient (Wildman–Crippen LogP) is 4.54. The molecule has 2 unspecified atom stereocenters. The van der Waals surface area contributed by atoms with Crippen molar-refractivity contribution in [2.24, 2.45) is 0 Å². The van der Waals surface area contributed by atoms with E-state index in [-0.39, 0.29) is 18.2 Å². The highest BCUT2D eigenvalue weighted by atomic mass is 16.7. The molecule has 0 amide bonds. The van der Waals surface area contributed by atoms with Crippen LogP contribution in [0.25, 0.3) is 0 Å². The van der Waals surface area contributed by atoms with Crippen molar-refractivity contribution in [1.82, 2.24) is 0 Å². The van der Waals surface area contributed by atoms with Gasteiger partial charge in [0.05, 0.1) is 25.2 Å². The third kappa shape index (κ3) is 7.26. The molecule has 0 aromatic heterocycles. The van der Waals surface area contributed by atoms with Crippen molar-refractivity contribution < 1.29 is 28.9 Å². The van der Waals surface area contributed by atoms with E-state index >= 15 is 0 Å². The Hall–Kier alpha value is -1.50. The standard InChI is InChI=1S/C25H38O6/c1-2-3-4-5-6-7-8-9-16-29-23(28)18-22-17-21(27)19-25(30-22)15-14-24(31-25)12-10-20(26)11-13-24/h10-13,21-22,27H,2-9,14-19H2,1H3/t21?,22?,25-/m1/s1. The molecule has 31 heavy (non-hydrogen) atoms. The van der Waals surface area contributed by atoms with Gasteiger partial charge < -0.3 is 19.3 Å². The first-order valence-electron chi connectivity index (χ1n) is 12.1. The lowest BCUT2D eigenvalue weighted by molar-refractivity contribution is -0.291. The Balaban J connectivity index is 1.37. The fourth-order valence-electron chi connectivity index (χ4n) is 4.79. The van der Waals surface area contributed by atoms with Gasteiger partial charge in [-0.2, -0.15) is 0 Å². The van der Waals surface area contributed by atoms with Crippen molar-refractivity contribution in [3.05, 3.63) is 24.3 Å². The van der Waals surface area contributed by atoms with Crippen LogP contribution in [0.3, 0.4) is 0 Å². The number of carbonyl (C=O) groups is 2. The van der Waals surface area contributed by atoms with Crippen LogP contribution in [0, 0.1) is 0 Å². The Morgan fingerprint density at radius 1 is 1.10 bits per heavy atom. The van der Waals surface area contributed by atoms with Crippen molar-refractivity contribution in [2.45, 2.75) is 114 Å². The topological polar surface area (TPSA) is 82.1 Å². The molecule has 2 heterocycles. The summed E-state index contributed by atoms with van der Waals surface area (Å²) in [5, 5.41) is 10.4. The Morgan fingerprint density at radius 2 is 1.77 bits per heavy atom. The number of allylic oxidation sites excluding steroid dienone is 2. The number of rotatable bonds is 11. The minimum Gasteiger partial charge on any atom is -0.466 e. The molecule has 3 rings (SSSR count). The maximum Gasteiger partial charge on any atom is 0.308 e. The minimum absolute atomic E-state index is 0.0584. The van der Waals surface area contributed by atoms with E-state index in [0.29, 0.717) is 32.3 Å². The number of ketones is 1. The normalized spacial score (nSPS) is 29.2. The van der Waals surface area contributed by atoms with E-state index in [4.69, 9.17) is 14.2 Å². The molecular formula is C25H38O6. The summed E-state index contributed by atoms with van der Waals surface area (Å²) in [4.78, 5) is 23.7. The molecule has 1 N–H and O–H groups in total. The fourth-order valence-corrected chi connectivity index (χ4v) is 4.79. The van der Waals surface area contributed by atoms with Gasteiger partial charge in [0, 0.05) is 19.3 Å². The predicted molar refractivity (Wildman–Crippen MR) is 117 cm³/mol. The summed E-state index contributed by atoms with van der Waals surface area (Å²) in [7, 11) is 0. The maximum absolute atomic E-state index is 12.3. The number of esters is 1. The SMILES string of the molecule is CCCCCCCCCCOC(=O)CC1CC(O)C[C@]2(CCC3(C=CC(=O)C=C3)O2)O1. The fraction of sp³-hybridized carbons (Fsp3) is 0.760. The van der Waals surface area contributed by atoms with Crippen molar-refractivity contribution in [2.75, 3.05) is 6.61 Å². The molecule has 0 aromatic rings. The molecule has 174 valence electrons. The van der Waals surface area contributed by atoms with Crippen LogP contribution in [0.5, 0.6) is 0 Å². The van der Waals surface area contributed by atoms with Crippen molar-refractivity contribution in [3.63, 3.8) is 0 Å². The van der Waals surface area contributed by atoms with Crippen molar-refractivity contribution in [1.29, 1.82) is 0 Å². The molecule has 0 saturated carbocycles. The van der Waals surface area contributed by atoms with E-state index in [1.807, 2.05) is 0 Å². The molecule has 3 aliphatic rings. The lowest BCUT2D eigenvalue weighted by atomic mass is 9.92. The molecule has 6 heteroatoms. The first-order valence-corrected chi connectivity index (χ1v) is 12.1. The van der Waals surface area contributed by atoms with Gasteiger partial charge in [0.25, 0.3) is 0 Å². The van der Waals surface area contributed by atoms with Crippen molar-refractivity contribution >= 4 is 11.8 Å². The van der Waals surface area contributed by atoms with Crippen LogP contribution in [0.15, 0.2) is 24.3 Å². The Kier molecular flexibility index (Phi) is 8.87. The number of aliphatic hydroxyl groups excluding tert-OH is 1. The Labute approximate surface area is 186 Å². The van der Waals surface area contributed by atoms with E-state index in [9.17, 15) is 14.7 Å². The van der Waals surface area contributed by atoms with E-state index in [0.717, 1.165) is 12.8 Å². The van der Waals surface area contributed by atoms with Crippen LogP contribution in [0.1, 0.15) is 90.4 Å². The number of ether oxygens (including phenoxy) is 3.